The first kappa shape index (κ1) is 9.88. The lowest BCUT2D eigenvalue weighted by Crippen LogP contribution is -2.14. The van der Waals surface area contributed by atoms with Crippen LogP contribution in [0, 0.1) is 0 Å². The molecule has 1 aliphatic heterocycles. The van der Waals surface area contributed by atoms with Crippen LogP contribution in [0.25, 0.3) is 0 Å². The molecule has 1 aliphatic carbocycles. The van der Waals surface area contributed by atoms with E-state index >= 15 is 0 Å². The number of hydrogen-bond donors (Lipinski definition) is 0. The highest BCUT2D eigenvalue weighted by Gasteiger charge is 2.25. The Hall–Kier alpha value is -1.31. The van der Waals surface area contributed by atoms with E-state index in [2.05, 4.69) is 36.2 Å². The number of rotatable bonds is 2. The van der Waals surface area contributed by atoms with E-state index in [0.29, 0.717) is 6.04 Å². The highest BCUT2D eigenvalue weighted by atomic mass is 16.5. The van der Waals surface area contributed by atoms with Crippen molar-refractivity contribution in [2.75, 3.05) is 6.61 Å². The lowest BCUT2D eigenvalue weighted by atomic mass is 9.78. The predicted octanol–water partition coefficient (Wildman–Crippen LogP) is 3.12. The van der Waals surface area contributed by atoms with Gasteiger partial charge in [0.25, 0.3) is 0 Å². The lowest BCUT2D eigenvalue weighted by Gasteiger charge is -2.27. The van der Waals surface area contributed by atoms with Crippen molar-refractivity contribution < 1.29 is 4.74 Å². The Morgan fingerprint density at radius 2 is 2.06 bits per heavy atom. The monoisotopic (exact) mass is 215 g/mol. The molecular weight excluding hydrogens is 198 g/mol. The van der Waals surface area contributed by atoms with E-state index in [4.69, 9.17) is 4.74 Å². The predicted molar refractivity (Wildman–Crippen MR) is 65.0 cm³/mol. The molecule has 1 heterocycles. The van der Waals surface area contributed by atoms with Crippen LogP contribution in [0.5, 0.6) is 0 Å². The fourth-order valence-corrected chi connectivity index (χ4v) is 2.39. The molecule has 1 aromatic carbocycles. The largest absolute Gasteiger partial charge is 0.475 e. The third-order valence-corrected chi connectivity index (χ3v) is 3.54. The number of aliphatic imine (C=N–C) groups is 1. The summed E-state index contributed by atoms with van der Waals surface area (Å²) in [5.74, 6) is 1.59. The van der Waals surface area contributed by atoms with Crippen LogP contribution in [0.4, 0.5) is 0 Å². The van der Waals surface area contributed by atoms with Gasteiger partial charge in [-0.05, 0) is 37.3 Å². The number of hydrogen-bond acceptors (Lipinski definition) is 2. The second-order valence-corrected chi connectivity index (χ2v) is 4.81. The van der Waals surface area contributed by atoms with Gasteiger partial charge in [-0.1, -0.05) is 24.6 Å². The summed E-state index contributed by atoms with van der Waals surface area (Å²) in [5.41, 5.74) is 2.65. The average Bonchev–Trinajstić information content (AvgIpc) is 2.63. The highest BCUT2D eigenvalue weighted by Crippen LogP contribution is 2.38. The first-order valence-electron chi connectivity index (χ1n) is 6.14. The second kappa shape index (κ2) is 3.93. The van der Waals surface area contributed by atoms with E-state index in [1.54, 1.807) is 0 Å². The zero-order chi connectivity index (χ0) is 11.0. The van der Waals surface area contributed by atoms with Crippen LogP contribution >= 0.6 is 0 Å². The Labute approximate surface area is 96.3 Å². The van der Waals surface area contributed by atoms with Crippen molar-refractivity contribution in [3.05, 3.63) is 35.4 Å². The minimum absolute atomic E-state index is 0.310. The molecule has 1 atom stereocenters. The molecule has 0 bridgehead atoms. The normalized spacial score (nSPS) is 24.8. The van der Waals surface area contributed by atoms with Crippen LogP contribution in [-0.2, 0) is 4.74 Å². The van der Waals surface area contributed by atoms with E-state index in [1.165, 1.54) is 30.4 Å². The third kappa shape index (κ3) is 1.62. The smallest absolute Gasteiger partial charge is 0.216 e. The van der Waals surface area contributed by atoms with E-state index in [9.17, 15) is 0 Å². The summed E-state index contributed by atoms with van der Waals surface area (Å²) < 4.78 is 5.66. The summed E-state index contributed by atoms with van der Waals surface area (Å²) in [6.45, 7) is 2.83. The van der Waals surface area contributed by atoms with Crippen LogP contribution in [0.15, 0.2) is 29.3 Å². The average molecular weight is 215 g/mol. The van der Waals surface area contributed by atoms with E-state index < -0.39 is 0 Å². The first-order chi connectivity index (χ1) is 7.84. The van der Waals surface area contributed by atoms with Gasteiger partial charge in [0.05, 0.1) is 6.04 Å². The van der Waals surface area contributed by atoms with Gasteiger partial charge in [0.2, 0.25) is 5.90 Å². The quantitative estimate of drug-likeness (QED) is 0.742. The summed E-state index contributed by atoms with van der Waals surface area (Å²) in [6.07, 6.45) is 4.00. The molecule has 2 aliphatic rings. The van der Waals surface area contributed by atoms with Crippen LogP contribution in [-0.4, -0.2) is 18.5 Å². The molecule has 3 rings (SSSR count). The van der Waals surface area contributed by atoms with Gasteiger partial charge in [-0.15, -0.1) is 0 Å². The lowest BCUT2D eigenvalue weighted by molar-refractivity contribution is 0.323. The van der Waals surface area contributed by atoms with Crippen molar-refractivity contribution in [2.45, 2.75) is 38.1 Å². The second-order valence-electron chi connectivity index (χ2n) is 4.81. The Morgan fingerprint density at radius 3 is 2.69 bits per heavy atom. The molecule has 0 saturated heterocycles. The van der Waals surface area contributed by atoms with Crippen LogP contribution in [0.1, 0.15) is 43.2 Å². The molecule has 84 valence electrons. The number of ether oxygens (including phenoxy) is 1. The number of benzene rings is 1. The van der Waals surface area contributed by atoms with Crippen LogP contribution < -0.4 is 0 Å². The van der Waals surface area contributed by atoms with Gasteiger partial charge in [-0.2, -0.15) is 0 Å². The zero-order valence-corrected chi connectivity index (χ0v) is 9.65. The van der Waals surface area contributed by atoms with Gasteiger partial charge in [0.1, 0.15) is 6.61 Å². The van der Waals surface area contributed by atoms with Crippen molar-refractivity contribution in [3.63, 3.8) is 0 Å². The summed E-state index contributed by atoms with van der Waals surface area (Å²) in [4.78, 5) is 4.55. The Bertz CT molecular complexity index is 420. The summed E-state index contributed by atoms with van der Waals surface area (Å²) in [5, 5.41) is 0. The molecule has 1 aromatic rings. The minimum Gasteiger partial charge on any atom is -0.475 e. The molecular formula is C14H17NO. The maximum absolute atomic E-state index is 5.66. The molecule has 0 spiro atoms. The molecule has 1 unspecified atom stereocenters. The molecule has 1 saturated carbocycles. The van der Waals surface area contributed by atoms with Crippen LogP contribution in [0.2, 0.25) is 0 Å². The Kier molecular flexibility index (Phi) is 2.43. The van der Waals surface area contributed by atoms with E-state index in [1.807, 2.05) is 0 Å². The molecule has 0 radical (unpaired) electrons. The van der Waals surface area contributed by atoms with Gasteiger partial charge < -0.3 is 4.74 Å². The summed E-state index contributed by atoms with van der Waals surface area (Å²) in [7, 11) is 0. The summed E-state index contributed by atoms with van der Waals surface area (Å²) in [6, 6.07) is 8.88. The molecule has 0 aromatic heterocycles. The van der Waals surface area contributed by atoms with Gasteiger partial charge >= 0.3 is 0 Å². The van der Waals surface area contributed by atoms with Gasteiger partial charge in [0.15, 0.2) is 0 Å². The topological polar surface area (TPSA) is 21.6 Å². The molecule has 0 N–H and O–H groups in total. The van der Waals surface area contributed by atoms with Crippen molar-refractivity contribution in [3.8, 4) is 0 Å². The third-order valence-electron chi connectivity index (χ3n) is 3.54. The van der Waals surface area contributed by atoms with E-state index in [0.717, 1.165) is 18.4 Å². The Balaban J connectivity index is 1.96. The minimum atomic E-state index is 0.310. The van der Waals surface area contributed by atoms with Crippen molar-refractivity contribution in [1.29, 1.82) is 0 Å². The molecule has 2 nitrogen and oxygen atoms in total. The SMILES string of the molecule is CC1COC(c2ccccc2C2CCC2)=N1. The van der Waals surface area contributed by atoms with Crippen molar-refractivity contribution >= 4 is 5.90 Å². The van der Waals surface area contributed by atoms with Crippen molar-refractivity contribution in [2.24, 2.45) is 4.99 Å². The maximum Gasteiger partial charge on any atom is 0.216 e. The molecule has 16 heavy (non-hydrogen) atoms. The van der Waals surface area contributed by atoms with Crippen molar-refractivity contribution in [1.82, 2.24) is 0 Å². The van der Waals surface area contributed by atoms with Crippen LogP contribution in [0.3, 0.4) is 0 Å². The highest BCUT2D eigenvalue weighted by molar-refractivity contribution is 5.96. The van der Waals surface area contributed by atoms with Gasteiger partial charge in [-0.3, -0.25) is 0 Å². The molecule has 2 heteroatoms. The van der Waals surface area contributed by atoms with Gasteiger partial charge in [0, 0.05) is 5.56 Å². The molecule has 0 amide bonds. The van der Waals surface area contributed by atoms with E-state index in [-0.39, 0.29) is 0 Å². The Morgan fingerprint density at radius 1 is 1.25 bits per heavy atom. The number of nitrogens with zero attached hydrogens (tertiary/aromatic N) is 1. The maximum atomic E-state index is 5.66. The fourth-order valence-electron chi connectivity index (χ4n) is 2.39. The fraction of sp³-hybridized carbons (Fsp3) is 0.500. The molecule has 1 fully saturated rings. The van der Waals surface area contributed by atoms with Gasteiger partial charge in [-0.25, -0.2) is 4.99 Å². The standard InChI is InChI=1S/C14H17NO/c1-10-9-16-14(15-10)13-8-3-2-7-12(13)11-5-4-6-11/h2-3,7-8,10-11H,4-6,9H2,1H3. The summed E-state index contributed by atoms with van der Waals surface area (Å²) >= 11 is 0. The zero-order valence-electron chi connectivity index (χ0n) is 9.65. The first-order valence-corrected chi connectivity index (χ1v) is 6.14.